The lowest BCUT2D eigenvalue weighted by Crippen LogP contribution is -2.63. The van der Waals surface area contributed by atoms with Gasteiger partial charge in [-0.2, -0.15) is 0 Å². The van der Waals surface area contributed by atoms with Crippen LogP contribution in [0, 0.1) is 11.8 Å². The lowest BCUT2D eigenvalue weighted by Gasteiger charge is -2.50. The fourth-order valence-electron chi connectivity index (χ4n) is 6.74. The van der Waals surface area contributed by atoms with Crippen molar-refractivity contribution >= 4 is 29.8 Å². The molecule has 0 aromatic heterocycles. The predicted octanol–water partition coefficient (Wildman–Crippen LogP) is 5.78. The van der Waals surface area contributed by atoms with Crippen LogP contribution in [0.4, 0.5) is 4.39 Å². The van der Waals surface area contributed by atoms with Gasteiger partial charge in [0.2, 0.25) is 6.36 Å². The average molecular weight is 695 g/mol. The zero-order valence-corrected chi connectivity index (χ0v) is 29.5. The number of methoxy groups -OCH3 is 3. The minimum absolute atomic E-state index is 0.235. The molecule has 0 bridgehead atoms. The van der Waals surface area contributed by atoms with Crippen molar-refractivity contribution in [2.75, 3.05) is 21.3 Å². The molecule has 260 valence electrons. The van der Waals surface area contributed by atoms with E-state index < -0.39 is 78.1 Å². The van der Waals surface area contributed by atoms with Crippen LogP contribution in [0.2, 0.25) is 0 Å². The highest BCUT2D eigenvalue weighted by atomic mass is 32.2. The number of thioether (sulfide) groups is 2. The van der Waals surface area contributed by atoms with Crippen LogP contribution < -0.4 is 0 Å². The molecule has 9 nitrogen and oxygen atoms in total. The summed E-state index contributed by atoms with van der Waals surface area (Å²) in [6.07, 6.45) is -6.34. The number of rotatable bonds is 12. The predicted molar refractivity (Wildman–Crippen MR) is 177 cm³/mol. The first-order chi connectivity index (χ1) is 22.7. The van der Waals surface area contributed by atoms with Crippen LogP contribution >= 0.6 is 23.5 Å². The van der Waals surface area contributed by atoms with E-state index in [9.17, 15) is 4.79 Å². The standard InChI is InChI=1S/C35H47FO9S2/c1-19-26(38-5)25(18-37)20(2)42-34(19)44-28-22(4)43-35(32(30(28)40-7)47-24-16-12-9-13-17-24)45-27-21(3)41-33(36)31(29(27)39-6)46-23-14-10-8-11-15-23/h8-22,25-35H,1-7H3. The summed E-state index contributed by atoms with van der Waals surface area (Å²) in [6, 6.07) is 19.6. The molecule has 15 unspecified atom stereocenters. The number of hydrogen-bond donors (Lipinski definition) is 0. The number of carbonyl (C=O) groups is 1. The molecule has 3 saturated heterocycles. The van der Waals surface area contributed by atoms with Crippen LogP contribution in [-0.2, 0) is 42.7 Å². The smallest absolute Gasteiger partial charge is 0.214 e. The molecule has 2 aromatic carbocycles. The summed E-state index contributed by atoms with van der Waals surface area (Å²) in [5, 5.41) is -1.08. The summed E-state index contributed by atoms with van der Waals surface area (Å²) in [4.78, 5) is 13.7. The maximum atomic E-state index is 15.5. The monoisotopic (exact) mass is 694 g/mol. The van der Waals surface area contributed by atoms with Gasteiger partial charge in [-0.15, -0.1) is 23.5 Å². The van der Waals surface area contributed by atoms with Gasteiger partial charge in [0, 0.05) is 37.0 Å². The lowest BCUT2D eigenvalue weighted by atomic mass is 9.85. The molecule has 0 radical (unpaired) electrons. The van der Waals surface area contributed by atoms with Crippen LogP contribution in [-0.4, -0.2) is 106 Å². The van der Waals surface area contributed by atoms with Crippen molar-refractivity contribution in [3.05, 3.63) is 60.7 Å². The third-order valence-electron chi connectivity index (χ3n) is 9.25. The van der Waals surface area contributed by atoms with Crippen molar-refractivity contribution in [3.63, 3.8) is 0 Å². The van der Waals surface area contributed by atoms with E-state index in [1.165, 1.54) is 11.8 Å². The van der Waals surface area contributed by atoms with Gasteiger partial charge in [-0.3, -0.25) is 0 Å². The maximum Gasteiger partial charge on any atom is 0.214 e. The van der Waals surface area contributed by atoms with Gasteiger partial charge in [0.15, 0.2) is 12.6 Å². The molecule has 3 fully saturated rings. The number of alkyl halides is 1. The Labute approximate surface area is 285 Å². The first-order valence-electron chi connectivity index (χ1n) is 16.1. The second-order valence-electron chi connectivity index (χ2n) is 12.3. The van der Waals surface area contributed by atoms with Crippen LogP contribution in [0.3, 0.4) is 0 Å². The van der Waals surface area contributed by atoms with Crippen molar-refractivity contribution in [2.45, 2.75) is 116 Å². The van der Waals surface area contributed by atoms with Crippen molar-refractivity contribution in [2.24, 2.45) is 11.8 Å². The quantitative estimate of drug-likeness (QED) is 0.254. The Bertz CT molecular complexity index is 1250. The molecule has 15 atom stereocenters. The molecular formula is C35H47FO9S2. The third-order valence-corrected chi connectivity index (χ3v) is 11.9. The molecular weight excluding hydrogens is 648 g/mol. The van der Waals surface area contributed by atoms with E-state index in [-0.39, 0.29) is 12.0 Å². The van der Waals surface area contributed by atoms with Gasteiger partial charge >= 0.3 is 0 Å². The van der Waals surface area contributed by atoms with Gasteiger partial charge in [0.1, 0.15) is 30.7 Å². The summed E-state index contributed by atoms with van der Waals surface area (Å²) >= 11 is 2.92. The topological polar surface area (TPSA) is 90.9 Å². The number of ether oxygens (including phenoxy) is 8. The highest BCUT2D eigenvalue weighted by molar-refractivity contribution is 8.00. The van der Waals surface area contributed by atoms with E-state index in [2.05, 4.69) is 0 Å². The zero-order valence-electron chi connectivity index (χ0n) is 27.9. The zero-order chi connectivity index (χ0) is 33.7. The Hall–Kier alpha value is -1.58. The van der Waals surface area contributed by atoms with E-state index in [4.69, 9.17) is 37.9 Å². The Morgan fingerprint density at radius 2 is 1.09 bits per heavy atom. The van der Waals surface area contributed by atoms with Crippen LogP contribution in [0.1, 0.15) is 27.7 Å². The second kappa shape index (κ2) is 16.9. The van der Waals surface area contributed by atoms with E-state index >= 15 is 4.39 Å². The number of hydrogen-bond acceptors (Lipinski definition) is 11. The first-order valence-corrected chi connectivity index (χ1v) is 17.8. The molecule has 0 saturated carbocycles. The van der Waals surface area contributed by atoms with E-state index in [1.54, 1.807) is 40.0 Å². The van der Waals surface area contributed by atoms with Gasteiger partial charge < -0.3 is 42.7 Å². The van der Waals surface area contributed by atoms with E-state index in [0.717, 1.165) is 16.1 Å². The molecule has 5 rings (SSSR count). The fraction of sp³-hybridized carbons (Fsp3) is 0.629. The second-order valence-corrected chi connectivity index (χ2v) is 14.8. The Morgan fingerprint density at radius 1 is 0.617 bits per heavy atom. The van der Waals surface area contributed by atoms with E-state index in [0.29, 0.717) is 0 Å². The first kappa shape index (κ1) is 36.7. The van der Waals surface area contributed by atoms with Crippen LogP contribution in [0.15, 0.2) is 70.5 Å². The molecule has 3 aliphatic heterocycles. The average Bonchev–Trinajstić information content (AvgIpc) is 3.07. The number of benzene rings is 2. The van der Waals surface area contributed by atoms with Crippen LogP contribution in [0.5, 0.6) is 0 Å². The number of carbonyl (C=O) groups excluding carboxylic acids is 1. The van der Waals surface area contributed by atoms with Gasteiger partial charge in [0.25, 0.3) is 0 Å². The Morgan fingerprint density at radius 3 is 1.62 bits per heavy atom. The molecule has 47 heavy (non-hydrogen) atoms. The molecule has 12 heteroatoms. The fourth-order valence-corrected chi connectivity index (χ4v) is 9.21. The SMILES string of the molecule is COC1C(C)C(OC2C(C)OC(OC3C(C)OC(F)C(Sc4ccccc4)C3OC)C(Sc3ccccc3)C2OC)OC(C)C1C=O. The maximum absolute atomic E-state index is 15.5. The molecule has 0 amide bonds. The van der Waals surface area contributed by atoms with Gasteiger partial charge in [0.05, 0.1) is 40.8 Å². The normalized spacial score (nSPS) is 41.0. The van der Waals surface area contributed by atoms with Crippen LogP contribution in [0.25, 0.3) is 0 Å². The molecule has 0 aliphatic carbocycles. The molecule has 2 aromatic rings. The molecule has 3 heterocycles. The van der Waals surface area contributed by atoms with Crippen molar-refractivity contribution < 1.29 is 47.1 Å². The van der Waals surface area contributed by atoms with Crippen molar-refractivity contribution in [1.82, 2.24) is 0 Å². The number of aldehydes is 1. The van der Waals surface area contributed by atoms with Crippen molar-refractivity contribution in [3.8, 4) is 0 Å². The highest BCUT2D eigenvalue weighted by Gasteiger charge is 2.53. The molecule has 3 aliphatic rings. The summed E-state index contributed by atoms with van der Waals surface area (Å²) in [6.45, 7) is 7.51. The van der Waals surface area contributed by atoms with Gasteiger partial charge in [-0.25, -0.2) is 4.39 Å². The minimum Gasteiger partial charge on any atom is -0.380 e. The van der Waals surface area contributed by atoms with E-state index in [1.807, 2.05) is 81.4 Å². The lowest BCUT2D eigenvalue weighted by molar-refractivity contribution is -0.334. The summed E-state index contributed by atoms with van der Waals surface area (Å²) in [5.74, 6) is -0.644. The largest absolute Gasteiger partial charge is 0.380 e. The Balaban J connectivity index is 1.41. The minimum atomic E-state index is -1.56. The van der Waals surface area contributed by atoms with Gasteiger partial charge in [-0.1, -0.05) is 43.3 Å². The number of halogens is 1. The highest BCUT2D eigenvalue weighted by Crippen LogP contribution is 2.43. The summed E-state index contributed by atoms with van der Waals surface area (Å²) in [5.41, 5.74) is 0. The summed E-state index contributed by atoms with van der Waals surface area (Å²) < 4.78 is 65.5. The summed E-state index contributed by atoms with van der Waals surface area (Å²) in [7, 11) is 4.82. The van der Waals surface area contributed by atoms with Gasteiger partial charge in [-0.05, 0) is 45.0 Å². The molecule has 0 N–H and O–H groups in total. The van der Waals surface area contributed by atoms with Crippen molar-refractivity contribution in [1.29, 1.82) is 0 Å². The Kier molecular flexibility index (Phi) is 13.2. The third kappa shape index (κ3) is 8.25. The molecule has 0 spiro atoms.